The van der Waals surface area contributed by atoms with Gasteiger partial charge in [0, 0.05) is 11.3 Å². The highest BCUT2D eigenvalue weighted by Crippen LogP contribution is 2.21. The molecule has 0 bridgehead atoms. The topological polar surface area (TPSA) is 106 Å². The lowest BCUT2D eigenvalue weighted by Crippen LogP contribution is -2.47. The molecule has 0 heterocycles. The van der Waals surface area contributed by atoms with Crippen molar-refractivity contribution in [2.45, 2.75) is 53.2 Å². The smallest absolute Gasteiger partial charge is 0.412 e. The van der Waals surface area contributed by atoms with Gasteiger partial charge in [0.05, 0.1) is 0 Å². The predicted molar refractivity (Wildman–Crippen MR) is 118 cm³/mol. The second kappa shape index (κ2) is 9.97. The molecule has 0 saturated heterocycles. The Balaban J connectivity index is 1.92. The van der Waals surface area contributed by atoms with Crippen LogP contribution in [0.2, 0.25) is 0 Å². The maximum Gasteiger partial charge on any atom is 0.412 e. The molecule has 0 aliphatic carbocycles. The Morgan fingerprint density at radius 2 is 1.65 bits per heavy atom. The van der Waals surface area contributed by atoms with Crippen LogP contribution in [0.5, 0.6) is 5.75 Å². The van der Waals surface area contributed by atoms with Crippen molar-refractivity contribution in [1.29, 1.82) is 0 Å². The second-order valence-electron chi connectivity index (χ2n) is 8.11. The molecule has 0 fully saturated rings. The van der Waals surface area contributed by atoms with Gasteiger partial charge in [-0.3, -0.25) is 25.8 Å². The SMILES string of the molecule is Cc1cccc(OC(C)C(=O)NNC(=O)c2cccc(NC(=O)OC(C)(C)C)c2)c1C. The van der Waals surface area contributed by atoms with Gasteiger partial charge in [0.15, 0.2) is 6.10 Å². The van der Waals surface area contributed by atoms with Crippen LogP contribution in [-0.4, -0.2) is 29.6 Å². The highest BCUT2D eigenvalue weighted by atomic mass is 16.6. The number of hydrazine groups is 1. The van der Waals surface area contributed by atoms with Gasteiger partial charge >= 0.3 is 6.09 Å². The van der Waals surface area contributed by atoms with Crippen LogP contribution < -0.4 is 20.9 Å². The highest BCUT2D eigenvalue weighted by Gasteiger charge is 2.18. The zero-order valence-electron chi connectivity index (χ0n) is 18.7. The number of nitrogens with one attached hydrogen (secondary N) is 3. The Morgan fingerprint density at radius 3 is 2.32 bits per heavy atom. The number of benzene rings is 2. The summed E-state index contributed by atoms with van der Waals surface area (Å²) in [5, 5.41) is 2.57. The van der Waals surface area contributed by atoms with E-state index >= 15 is 0 Å². The van der Waals surface area contributed by atoms with Gasteiger partial charge in [-0.2, -0.15) is 0 Å². The summed E-state index contributed by atoms with van der Waals surface area (Å²) >= 11 is 0. The molecular weight excluding hydrogens is 398 g/mol. The normalized spacial score (nSPS) is 11.8. The highest BCUT2D eigenvalue weighted by molar-refractivity contribution is 5.97. The molecule has 2 aromatic carbocycles. The number of hydrogen-bond donors (Lipinski definition) is 3. The van der Waals surface area contributed by atoms with Gasteiger partial charge in [0.1, 0.15) is 11.4 Å². The van der Waals surface area contributed by atoms with Crippen LogP contribution in [-0.2, 0) is 9.53 Å². The van der Waals surface area contributed by atoms with Crippen LogP contribution in [0.1, 0.15) is 49.2 Å². The van der Waals surface area contributed by atoms with Gasteiger partial charge in [-0.05, 0) is 76.9 Å². The molecule has 0 radical (unpaired) electrons. The van der Waals surface area contributed by atoms with Crippen LogP contribution in [0, 0.1) is 13.8 Å². The third-order valence-electron chi connectivity index (χ3n) is 4.30. The van der Waals surface area contributed by atoms with Gasteiger partial charge in [-0.25, -0.2) is 4.79 Å². The predicted octanol–water partition coefficient (Wildman–Crippen LogP) is 3.88. The monoisotopic (exact) mass is 427 g/mol. The molecule has 31 heavy (non-hydrogen) atoms. The quantitative estimate of drug-likeness (QED) is 0.628. The average molecular weight is 428 g/mol. The first kappa shape index (κ1) is 23.7. The van der Waals surface area contributed by atoms with Crippen molar-refractivity contribution in [3.8, 4) is 5.75 Å². The van der Waals surface area contributed by atoms with Gasteiger partial charge in [-0.15, -0.1) is 0 Å². The lowest BCUT2D eigenvalue weighted by atomic mass is 10.1. The van der Waals surface area contributed by atoms with E-state index in [4.69, 9.17) is 9.47 Å². The Kier molecular flexibility index (Phi) is 7.63. The first-order valence-electron chi connectivity index (χ1n) is 9.89. The van der Waals surface area contributed by atoms with Crippen LogP contribution in [0.4, 0.5) is 10.5 Å². The van der Waals surface area contributed by atoms with Crippen molar-refractivity contribution >= 4 is 23.6 Å². The van der Waals surface area contributed by atoms with E-state index in [0.29, 0.717) is 11.4 Å². The van der Waals surface area contributed by atoms with E-state index in [9.17, 15) is 14.4 Å². The minimum Gasteiger partial charge on any atom is -0.481 e. The first-order valence-corrected chi connectivity index (χ1v) is 9.89. The Bertz CT molecular complexity index is 966. The molecule has 1 atom stereocenters. The summed E-state index contributed by atoms with van der Waals surface area (Å²) in [6, 6.07) is 11.9. The second-order valence-corrected chi connectivity index (χ2v) is 8.11. The van der Waals surface area contributed by atoms with Gasteiger partial charge in [0.2, 0.25) is 0 Å². The van der Waals surface area contributed by atoms with Crippen molar-refractivity contribution in [1.82, 2.24) is 10.9 Å². The van der Waals surface area contributed by atoms with Crippen molar-refractivity contribution in [2.75, 3.05) is 5.32 Å². The Morgan fingerprint density at radius 1 is 0.968 bits per heavy atom. The Hall–Kier alpha value is -3.55. The molecule has 1 unspecified atom stereocenters. The van der Waals surface area contributed by atoms with Crippen molar-refractivity contribution in [2.24, 2.45) is 0 Å². The summed E-state index contributed by atoms with van der Waals surface area (Å²) < 4.78 is 10.9. The molecule has 166 valence electrons. The van der Waals surface area contributed by atoms with E-state index in [1.165, 1.54) is 6.07 Å². The molecule has 3 N–H and O–H groups in total. The fourth-order valence-corrected chi connectivity index (χ4v) is 2.55. The van der Waals surface area contributed by atoms with Crippen molar-refractivity contribution in [3.63, 3.8) is 0 Å². The maximum absolute atomic E-state index is 12.4. The van der Waals surface area contributed by atoms with Gasteiger partial charge in [0.25, 0.3) is 11.8 Å². The number of anilines is 1. The van der Waals surface area contributed by atoms with Crippen LogP contribution in [0.15, 0.2) is 42.5 Å². The molecule has 0 aliphatic heterocycles. The van der Waals surface area contributed by atoms with E-state index in [2.05, 4.69) is 16.2 Å². The fraction of sp³-hybridized carbons (Fsp3) is 0.348. The summed E-state index contributed by atoms with van der Waals surface area (Å²) in [6.07, 6.45) is -1.45. The molecule has 8 nitrogen and oxygen atoms in total. The molecule has 0 aliphatic rings. The molecule has 3 amide bonds. The average Bonchev–Trinajstić information content (AvgIpc) is 2.68. The minimum atomic E-state index is -0.819. The molecule has 0 saturated carbocycles. The summed E-state index contributed by atoms with van der Waals surface area (Å²) in [5.41, 5.74) is 6.69. The number of rotatable bonds is 5. The van der Waals surface area contributed by atoms with Gasteiger partial charge in [-0.1, -0.05) is 18.2 Å². The fourth-order valence-electron chi connectivity index (χ4n) is 2.55. The number of amides is 3. The third-order valence-corrected chi connectivity index (χ3v) is 4.30. The maximum atomic E-state index is 12.4. The summed E-state index contributed by atoms with van der Waals surface area (Å²) in [7, 11) is 0. The minimum absolute atomic E-state index is 0.247. The van der Waals surface area contributed by atoms with Crippen LogP contribution in [0.3, 0.4) is 0 Å². The van der Waals surface area contributed by atoms with E-state index in [0.717, 1.165) is 11.1 Å². The zero-order valence-corrected chi connectivity index (χ0v) is 18.7. The molecule has 8 heteroatoms. The molecular formula is C23H29N3O5. The van der Waals surface area contributed by atoms with E-state index < -0.39 is 29.6 Å². The lowest BCUT2D eigenvalue weighted by molar-refractivity contribution is -0.128. The van der Waals surface area contributed by atoms with Gasteiger partial charge < -0.3 is 9.47 Å². The van der Waals surface area contributed by atoms with E-state index in [1.807, 2.05) is 26.0 Å². The molecule has 2 aromatic rings. The third kappa shape index (κ3) is 7.33. The van der Waals surface area contributed by atoms with Crippen molar-refractivity contribution < 1.29 is 23.9 Å². The summed E-state index contributed by atoms with van der Waals surface area (Å²) in [6.45, 7) is 10.7. The molecule has 2 rings (SSSR count). The van der Waals surface area contributed by atoms with Crippen molar-refractivity contribution in [3.05, 3.63) is 59.2 Å². The summed E-state index contributed by atoms with van der Waals surface area (Å²) in [5.74, 6) is -0.438. The molecule has 0 aromatic heterocycles. The van der Waals surface area contributed by atoms with Crippen LogP contribution >= 0.6 is 0 Å². The lowest BCUT2D eigenvalue weighted by Gasteiger charge is -2.19. The number of aryl methyl sites for hydroxylation is 1. The number of hydrogen-bond acceptors (Lipinski definition) is 5. The first-order chi connectivity index (χ1) is 14.5. The largest absolute Gasteiger partial charge is 0.481 e. The Labute approximate surface area is 182 Å². The molecule has 0 spiro atoms. The van der Waals surface area contributed by atoms with E-state index in [1.54, 1.807) is 52.0 Å². The number of carbonyl (C=O) groups is 3. The summed E-state index contributed by atoms with van der Waals surface area (Å²) in [4.78, 5) is 36.6. The van der Waals surface area contributed by atoms with Crippen LogP contribution in [0.25, 0.3) is 0 Å². The standard InChI is InChI=1S/C23H29N3O5/c1-14-9-7-12-19(15(14)2)30-16(3)20(27)25-26-21(28)17-10-8-11-18(13-17)24-22(29)31-23(4,5)6/h7-13,16H,1-6H3,(H,24,29)(H,25,27)(H,26,28). The van der Waals surface area contributed by atoms with E-state index in [-0.39, 0.29) is 5.56 Å². The number of ether oxygens (including phenoxy) is 2. The number of carbonyl (C=O) groups excluding carboxylic acids is 3. The zero-order chi connectivity index (χ0) is 23.2.